The largest absolute Gasteiger partial charge is 0.459 e. The predicted octanol–water partition coefficient (Wildman–Crippen LogP) is 3.97. The molecule has 0 saturated carbocycles. The van der Waals surface area contributed by atoms with Crippen LogP contribution in [0.4, 0.5) is 5.69 Å². The summed E-state index contributed by atoms with van der Waals surface area (Å²) in [5.41, 5.74) is 1.55. The molecule has 0 aliphatic heterocycles. The molecule has 0 saturated heterocycles. The number of amides is 2. The Hall–Kier alpha value is -2.27. The number of anilines is 1. The number of hydrogen-bond acceptors (Lipinski definition) is 3. The van der Waals surface area contributed by atoms with Gasteiger partial charge in [-0.05, 0) is 45.0 Å². The van der Waals surface area contributed by atoms with Gasteiger partial charge >= 0.3 is 0 Å². The maximum Gasteiger partial charge on any atom is 0.291 e. The molecule has 2 amide bonds. The second-order valence-electron chi connectivity index (χ2n) is 5.59. The van der Waals surface area contributed by atoms with E-state index in [4.69, 9.17) is 16.0 Å². The summed E-state index contributed by atoms with van der Waals surface area (Å²) in [7, 11) is 1.73. The molecular weight excluding hydrogens is 316 g/mol. The monoisotopic (exact) mass is 334 g/mol. The van der Waals surface area contributed by atoms with Crippen LogP contribution in [-0.4, -0.2) is 29.8 Å². The average Bonchev–Trinajstić information content (AvgIpc) is 2.94. The summed E-state index contributed by atoms with van der Waals surface area (Å²) in [6, 6.07) is 6.57. The fourth-order valence-electron chi connectivity index (χ4n) is 1.98. The van der Waals surface area contributed by atoms with E-state index in [2.05, 4.69) is 5.32 Å². The molecule has 23 heavy (non-hydrogen) atoms. The molecule has 0 unspecified atom stereocenters. The molecule has 2 aromatic rings. The Morgan fingerprint density at radius 2 is 1.96 bits per heavy atom. The normalized spacial score (nSPS) is 10.7. The minimum Gasteiger partial charge on any atom is -0.459 e. The van der Waals surface area contributed by atoms with Crippen LogP contribution >= 0.6 is 11.6 Å². The smallest absolute Gasteiger partial charge is 0.291 e. The van der Waals surface area contributed by atoms with Crippen LogP contribution in [0.1, 0.15) is 40.3 Å². The Balaban J connectivity index is 2.26. The molecule has 6 heteroatoms. The minimum absolute atomic E-state index is 0.0713. The van der Waals surface area contributed by atoms with Crippen molar-refractivity contribution in [3.05, 3.63) is 52.4 Å². The van der Waals surface area contributed by atoms with E-state index < -0.39 is 5.91 Å². The highest BCUT2D eigenvalue weighted by Crippen LogP contribution is 2.25. The van der Waals surface area contributed by atoms with Gasteiger partial charge in [0.15, 0.2) is 5.76 Å². The molecule has 1 heterocycles. The summed E-state index contributed by atoms with van der Waals surface area (Å²) in [6.45, 7) is 5.63. The number of aryl methyl sites for hydroxylation is 1. The van der Waals surface area contributed by atoms with E-state index in [1.165, 1.54) is 6.26 Å². The van der Waals surface area contributed by atoms with Crippen molar-refractivity contribution in [3.8, 4) is 0 Å². The molecular formula is C17H19ClN2O3. The molecule has 0 atom stereocenters. The Morgan fingerprint density at radius 3 is 2.52 bits per heavy atom. The molecule has 0 radical (unpaired) electrons. The van der Waals surface area contributed by atoms with E-state index >= 15 is 0 Å². The van der Waals surface area contributed by atoms with Gasteiger partial charge in [0.25, 0.3) is 11.8 Å². The van der Waals surface area contributed by atoms with E-state index in [0.29, 0.717) is 16.3 Å². The number of carbonyl (C=O) groups excluding carboxylic acids is 2. The Bertz CT molecular complexity index is 737. The van der Waals surface area contributed by atoms with Crippen LogP contribution in [0.3, 0.4) is 0 Å². The molecule has 1 N–H and O–H groups in total. The summed E-state index contributed by atoms with van der Waals surface area (Å²) in [5, 5.41) is 3.03. The summed E-state index contributed by atoms with van der Waals surface area (Å²) in [5.74, 6) is -0.324. The van der Waals surface area contributed by atoms with Crippen molar-refractivity contribution in [1.82, 2.24) is 4.90 Å². The van der Waals surface area contributed by atoms with Crippen LogP contribution in [0.5, 0.6) is 0 Å². The fourth-order valence-corrected chi connectivity index (χ4v) is 2.14. The fraction of sp³-hybridized carbons (Fsp3) is 0.294. The molecule has 1 aromatic carbocycles. The Labute approximate surface area is 140 Å². The average molecular weight is 335 g/mol. The van der Waals surface area contributed by atoms with Gasteiger partial charge in [0.2, 0.25) is 0 Å². The first-order chi connectivity index (χ1) is 10.8. The van der Waals surface area contributed by atoms with E-state index in [1.807, 2.05) is 13.8 Å². The number of furan rings is 1. The highest BCUT2D eigenvalue weighted by atomic mass is 35.5. The Morgan fingerprint density at radius 1 is 1.26 bits per heavy atom. The quantitative estimate of drug-likeness (QED) is 0.920. The first-order valence-corrected chi connectivity index (χ1v) is 7.61. The van der Waals surface area contributed by atoms with Gasteiger partial charge in [-0.25, -0.2) is 0 Å². The number of nitrogens with one attached hydrogen (secondary N) is 1. The third kappa shape index (κ3) is 3.74. The van der Waals surface area contributed by atoms with Crippen molar-refractivity contribution in [3.63, 3.8) is 0 Å². The highest BCUT2D eigenvalue weighted by molar-refractivity contribution is 6.34. The van der Waals surface area contributed by atoms with E-state index in [9.17, 15) is 9.59 Å². The molecule has 2 rings (SSSR count). The van der Waals surface area contributed by atoms with Crippen LogP contribution in [0.15, 0.2) is 34.9 Å². The van der Waals surface area contributed by atoms with Gasteiger partial charge in [-0.3, -0.25) is 9.59 Å². The van der Waals surface area contributed by atoms with Crippen molar-refractivity contribution < 1.29 is 14.0 Å². The lowest BCUT2D eigenvalue weighted by molar-refractivity contribution is 0.0754. The van der Waals surface area contributed by atoms with Gasteiger partial charge in [0.05, 0.1) is 17.0 Å². The molecule has 5 nitrogen and oxygen atoms in total. The molecule has 0 aliphatic carbocycles. The molecule has 0 aliphatic rings. The van der Waals surface area contributed by atoms with Crippen molar-refractivity contribution in [2.24, 2.45) is 0 Å². The number of hydrogen-bond donors (Lipinski definition) is 1. The third-order valence-corrected chi connectivity index (χ3v) is 3.95. The molecule has 0 spiro atoms. The molecule has 0 bridgehead atoms. The summed E-state index contributed by atoms with van der Waals surface area (Å²) in [4.78, 5) is 26.2. The maximum atomic E-state index is 12.4. The second-order valence-corrected chi connectivity index (χ2v) is 6.00. The number of halogens is 1. The van der Waals surface area contributed by atoms with E-state index in [-0.39, 0.29) is 17.7 Å². The van der Waals surface area contributed by atoms with Gasteiger partial charge < -0.3 is 14.6 Å². The summed E-state index contributed by atoms with van der Waals surface area (Å²) >= 11 is 6.12. The first kappa shape index (κ1) is 17.1. The van der Waals surface area contributed by atoms with E-state index in [1.54, 1.807) is 43.1 Å². The zero-order valence-corrected chi connectivity index (χ0v) is 14.3. The number of nitrogens with zero attached hydrogens (tertiary/aromatic N) is 1. The van der Waals surface area contributed by atoms with Gasteiger partial charge in [0.1, 0.15) is 0 Å². The standard InChI is InChI=1S/C17H19ClN2O3/c1-10(2)20(4)17(22)12-5-6-13(18)14(9-12)19-16(21)15-11(3)7-8-23-15/h5-10H,1-4H3,(H,19,21). The highest BCUT2D eigenvalue weighted by Gasteiger charge is 2.18. The Kier molecular flexibility index (Phi) is 5.11. The van der Waals surface area contributed by atoms with Crippen LogP contribution in [0.2, 0.25) is 5.02 Å². The molecule has 0 fully saturated rings. The minimum atomic E-state index is -0.406. The molecule has 122 valence electrons. The second kappa shape index (κ2) is 6.87. The van der Waals surface area contributed by atoms with Crippen molar-refractivity contribution >= 4 is 29.1 Å². The lowest BCUT2D eigenvalue weighted by Crippen LogP contribution is -2.33. The molecule has 1 aromatic heterocycles. The van der Waals surface area contributed by atoms with Crippen LogP contribution in [0.25, 0.3) is 0 Å². The van der Waals surface area contributed by atoms with Gasteiger partial charge in [-0.2, -0.15) is 0 Å². The van der Waals surface area contributed by atoms with Crippen LogP contribution in [-0.2, 0) is 0 Å². The topological polar surface area (TPSA) is 62.6 Å². The number of benzene rings is 1. The number of carbonyl (C=O) groups is 2. The van der Waals surface area contributed by atoms with Crippen LogP contribution < -0.4 is 5.32 Å². The van der Waals surface area contributed by atoms with E-state index in [0.717, 1.165) is 5.56 Å². The van der Waals surface area contributed by atoms with Gasteiger partial charge in [-0.1, -0.05) is 11.6 Å². The first-order valence-electron chi connectivity index (χ1n) is 7.23. The van der Waals surface area contributed by atoms with Crippen molar-refractivity contribution in [2.45, 2.75) is 26.8 Å². The number of rotatable bonds is 4. The third-order valence-electron chi connectivity index (χ3n) is 3.62. The SMILES string of the molecule is Cc1ccoc1C(=O)Nc1cc(C(=O)N(C)C(C)C)ccc1Cl. The van der Waals surface area contributed by atoms with Crippen molar-refractivity contribution in [1.29, 1.82) is 0 Å². The van der Waals surface area contributed by atoms with Gasteiger partial charge in [-0.15, -0.1) is 0 Å². The van der Waals surface area contributed by atoms with Crippen LogP contribution in [0, 0.1) is 6.92 Å². The van der Waals surface area contributed by atoms with Crippen molar-refractivity contribution in [2.75, 3.05) is 12.4 Å². The zero-order chi connectivity index (χ0) is 17.1. The zero-order valence-electron chi connectivity index (χ0n) is 13.5. The summed E-state index contributed by atoms with van der Waals surface area (Å²) in [6.07, 6.45) is 1.45. The summed E-state index contributed by atoms with van der Waals surface area (Å²) < 4.78 is 5.16. The lowest BCUT2D eigenvalue weighted by Gasteiger charge is -2.21. The lowest BCUT2D eigenvalue weighted by atomic mass is 10.1. The van der Waals surface area contributed by atoms with Gasteiger partial charge in [0, 0.05) is 24.2 Å². The maximum absolute atomic E-state index is 12.4. The predicted molar refractivity (Wildman–Crippen MR) is 90.1 cm³/mol.